The summed E-state index contributed by atoms with van der Waals surface area (Å²) in [6, 6.07) is 6.00. The average Bonchev–Trinajstić information content (AvgIpc) is 2.64. The van der Waals surface area contributed by atoms with E-state index in [1.54, 1.807) is 18.0 Å². The first kappa shape index (κ1) is 10.6. The van der Waals surface area contributed by atoms with Crippen LogP contribution in [0.2, 0.25) is 0 Å². The van der Waals surface area contributed by atoms with Gasteiger partial charge in [-0.15, -0.1) is 11.8 Å². The number of aromatic nitrogens is 1. The maximum Gasteiger partial charge on any atom is 0.230 e. The molecule has 0 fully saturated rings. The van der Waals surface area contributed by atoms with Gasteiger partial charge in [0.05, 0.1) is 11.8 Å². The minimum absolute atomic E-state index is 0.345. The molecule has 0 aliphatic rings. The number of rotatable bonds is 2. The molecule has 0 spiro atoms. The normalized spacial score (nSPS) is 10.5. The van der Waals surface area contributed by atoms with Gasteiger partial charge >= 0.3 is 0 Å². The Kier molecular flexibility index (Phi) is 3.02. The SMILES string of the molecule is CSc1cccc(Br)c1-c1cnoc1N. The quantitative estimate of drug-likeness (QED) is 0.859. The zero-order valence-corrected chi connectivity index (χ0v) is 10.4. The highest BCUT2D eigenvalue weighted by Gasteiger charge is 2.14. The molecule has 0 bridgehead atoms. The Morgan fingerprint density at radius 1 is 1.47 bits per heavy atom. The smallest absolute Gasteiger partial charge is 0.230 e. The Balaban J connectivity index is 2.66. The summed E-state index contributed by atoms with van der Waals surface area (Å²) in [7, 11) is 0. The zero-order chi connectivity index (χ0) is 10.8. The number of hydrogen-bond acceptors (Lipinski definition) is 4. The van der Waals surface area contributed by atoms with E-state index >= 15 is 0 Å². The largest absolute Gasteiger partial charge is 0.367 e. The summed E-state index contributed by atoms with van der Waals surface area (Å²) in [4.78, 5) is 1.14. The lowest BCUT2D eigenvalue weighted by molar-refractivity contribution is 0.436. The zero-order valence-electron chi connectivity index (χ0n) is 8.03. The molecule has 3 nitrogen and oxygen atoms in total. The second-order valence-electron chi connectivity index (χ2n) is 2.92. The predicted octanol–water partition coefficient (Wildman–Crippen LogP) is 3.41. The molecule has 2 aromatic rings. The topological polar surface area (TPSA) is 52.0 Å². The Morgan fingerprint density at radius 3 is 2.87 bits per heavy atom. The van der Waals surface area contributed by atoms with Gasteiger partial charge < -0.3 is 10.3 Å². The number of hydrogen-bond donors (Lipinski definition) is 1. The van der Waals surface area contributed by atoms with Gasteiger partial charge in [0.15, 0.2) is 0 Å². The molecule has 1 aromatic carbocycles. The van der Waals surface area contributed by atoms with Crippen LogP contribution < -0.4 is 5.73 Å². The summed E-state index contributed by atoms with van der Waals surface area (Å²) in [5.74, 6) is 0.345. The highest BCUT2D eigenvalue weighted by atomic mass is 79.9. The van der Waals surface area contributed by atoms with Crippen LogP contribution in [0.25, 0.3) is 11.1 Å². The summed E-state index contributed by atoms with van der Waals surface area (Å²) in [6.45, 7) is 0. The van der Waals surface area contributed by atoms with E-state index < -0.39 is 0 Å². The molecular weight excluding hydrogens is 276 g/mol. The number of thioether (sulfide) groups is 1. The molecular formula is C10H9BrN2OS. The highest BCUT2D eigenvalue weighted by Crippen LogP contribution is 2.38. The molecule has 2 N–H and O–H groups in total. The van der Waals surface area contributed by atoms with Crippen LogP contribution in [0.1, 0.15) is 0 Å². The molecule has 15 heavy (non-hydrogen) atoms. The van der Waals surface area contributed by atoms with Gasteiger partial charge in [-0.3, -0.25) is 0 Å². The van der Waals surface area contributed by atoms with Gasteiger partial charge in [-0.1, -0.05) is 27.2 Å². The Labute approximate surface area is 100 Å². The van der Waals surface area contributed by atoms with Crippen LogP contribution in [-0.2, 0) is 0 Å². The van der Waals surface area contributed by atoms with E-state index in [9.17, 15) is 0 Å². The van der Waals surface area contributed by atoms with Crippen molar-refractivity contribution >= 4 is 33.6 Å². The highest BCUT2D eigenvalue weighted by molar-refractivity contribution is 9.10. The molecule has 1 aromatic heterocycles. The lowest BCUT2D eigenvalue weighted by Gasteiger charge is -2.07. The van der Waals surface area contributed by atoms with Crippen LogP contribution in [0.4, 0.5) is 5.88 Å². The number of halogens is 1. The molecule has 78 valence electrons. The summed E-state index contributed by atoms with van der Waals surface area (Å²) in [6.07, 6.45) is 3.66. The number of anilines is 1. The van der Waals surface area contributed by atoms with Gasteiger partial charge in [-0.2, -0.15) is 0 Å². The molecule has 1 heterocycles. The van der Waals surface area contributed by atoms with E-state index in [0.717, 1.165) is 20.5 Å². The third-order valence-electron chi connectivity index (χ3n) is 2.06. The number of nitrogens with zero attached hydrogens (tertiary/aromatic N) is 1. The molecule has 0 aliphatic carbocycles. The first-order chi connectivity index (χ1) is 7.24. The molecule has 2 rings (SSSR count). The van der Waals surface area contributed by atoms with Gasteiger partial charge in [0.1, 0.15) is 0 Å². The van der Waals surface area contributed by atoms with Crippen LogP contribution in [-0.4, -0.2) is 11.4 Å². The van der Waals surface area contributed by atoms with E-state index in [1.165, 1.54) is 0 Å². The number of nitrogens with two attached hydrogens (primary N) is 1. The van der Waals surface area contributed by atoms with Crippen molar-refractivity contribution in [2.75, 3.05) is 12.0 Å². The van der Waals surface area contributed by atoms with Crippen molar-refractivity contribution in [3.63, 3.8) is 0 Å². The van der Waals surface area contributed by atoms with Crippen LogP contribution >= 0.6 is 27.7 Å². The second kappa shape index (κ2) is 4.28. The summed E-state index contributed by atoms with van der Waals surface area (Å²) >= 11 is 5.17. The summed E-state index contributed by atoms with van der Waals surface area (Å²) < 4.78 is 5.86. The lowest BCUT2D eigenvalue weighted by Crippen LogP contribution is -1.88. The van der Waals surface area contributed by atoms with Crippen LogP contribution in [0, 0.1) is 0 Å². The van der Waals surface area contributed by atoms with Gasteiger partial charge in [-0.05, 0) is 18.4 Å². The van der Waals surface area contributed by atoms with Crippen molar-refractivity contribution in [3.8, 4) is 11.1 Å². The van der Waals surface area contributed by atoms with E-state index in [4.69, 9.17) is 10.3 Å². The average molecular weight is 285 g/mol. The van der Waals surface area contributed by atoms with Gasteiger partial charge in [-0.25, -0.2) is 0 Å². The molecule has 0 unspecified atom stereocenters. The number of nitrogen functional groups attached to an aromatic ring is 1. The summed E-state index contributed by atoms with van der Waals surface area (Å²) in [5, 5.41) is 3.68. The lowest BCUT2D eigenvalue weighted by atomic mass is 10.1. The van der Waals surface area contributed by atoms with Crippen LogP contribution in [0.15, 0.2) is 38.3 Å². The third-order valence-corrected chi connectivity index (χ3v) is 3.50. The fourth-order valence-electron chi connectivity index (χ4n) is 1.37. The summed E-state index contributed by atoms with van der Waals surface area (Å²) in [5.41, 5.74) is 7.56. The fourth-order valence-corrected chi connectivity index (χ4v) is 2.72. The van der Waals surface area contributed by atoms with Crippen LogP contribution in [0.3, 0.4) is 0 Å². The molecule has 0 saturated heterocycles. The first-order valence-electron chi connectivity index (χ1n) is 4.27. The molecule has 5 heteroatoms. The van der Waals surface area contributed by atoms with Gasteiger partial charge in [0.2, 0.25) is 5.88 Å². The van der Waals surface area contributed by atoms with Crippen LogP contribution in [0.5, 0.6) is 0 Å². The standard InChI is InChI=1S/C10H9BrN2OS/c1-15-8-4-2-3-7(11)9(8)6-5-13-14-10(6)12/h2-5H,12H2,1H3. The fraction of sp³-hybridized carbons (Fsp3) is 0.100. The first-order valence-corrected chi connectivity index (χ1v) is 6.29. The van der Waals surface area contributed by atoms with Crippen molar-refractivity contribution in [1.82, 2.24) is 5.16 Å². The Morgan fingerprint density at radius 2 is 2.27 bits per heavy atom. The van der Waals surface area contributed by atoms with Crippen molar-refractivity contribution in [3.05, 3.63) is 28.9 Å². The van der Waals surface area contributed by atoms with E-state index in [0.29, 0.717) is 5.88 Å². The molecule has 0 saturated carbocycles. The minimum atomic E-state index is 0.345. The molecule has 0 radical (unpaired) electrons. The second-order valence-corrected chi connectivity index (χ2v) is 4.62. The third kappa shape index (κ3) is 1.89. The minimum Gasteiger partial charge on any atom is -0.367 e. The van der Waals surface area contributed by atoms with E-state index in [-0.39, 0.29) is 0 Å². The maximum absolute atomic E-state index is 5.71. The molecule has 0 aliphatic heterocycles. The van der Waals surface area contributed by atoms with Crippen molar-refractivity contribution in [2.24, 2.45) is 0 Å². The number of benzene rings is 1. The molecule has 0 atom stereocenters. The predicted molar refractivity (Wildman–Crippen MR) is 65.8 cm³/mol. The van der Waals surface area contributed by atoms with Gasteiger partial charge in [0.25, 0.3) is 0 Å². The maximum atomic E-state index is 5.71. The van der Waals surface area contributed by atoms with Crippen molar-refractivity contribution in [2.45, 2.75) is 4.90 Å². The monoisotopic (exact) mass is 284 g/mol. The van der Waals surface area contributed by atoms with Crippen molar-refractivity contribution in [1.29, 1.82) is 0 Å². The molecule has 0 amide bonds. The van der Waals surface area contributed by atoms with E-state index in [2.05, 4.69) is 21.1 Å². The Bertz CT molecular complexity index is 484. The van der Waals surface area contributed by atoms with Gasteiger partial charge in [0, 0.05) is 14.9 Å². The Hall–Kier alpha value is -0.940. The van der Waals surface area contributed by atoms with Crippen molar-refractivity contribution < 1.29 is 4.52 Å². The van der Waals surface area contributed by atoms with E-state index in [1.807, 2.05) is 24.5 Å².